The van der Waals surface area contributed by atoms with Crippen LogP contribution in [0.5, 0.6) is 0 Å². The van der Waals surface area contributed by atoms with Crippen molar-refractivity contribution in [2.24, 2.45) is 0 Å². The summed E-state index contributed by atoms with van der Waals surface area (Å²) in [5.74, 6) is 0.0171. The van der Waals surface area contributed by atoms with Crippen LogP contribution in [-0.4, -0.2) is 38.9 Å². The molecule has 1 rings (SSSR count). The van der Waals surface area contributed by atoms with Gasteiger partial charge >= 0.3 is 0 Å². The Bertz CT molecular complexity index is 589. The molecular weight excluding hydrogens is 324 g/mol. The van der Waals surface area contributed by atoms with Gasteiger partial charge in [-0.1, -0.05) is 44.4 Å². The molecule has 1 amide bonds. The molecule has 0 aromatic heterocycles. The molecule has 0 atom stereocenters. The maximum absolute atomic E-state index is 12.3. The lowest BCUT2D eigenvalue weighted by Gasteiger charge is -2.22. The van der Waals surface area contributed by atoms with Gasteiger partial charge in [0.25, 0.3) is 0 Å². The average Bonchev–Trinajstić information content (AvgIpc) is 2.55. The van der Waals surface area contributed by atoms with E-state index in [1.165, 1.54) is 0 Å². The highest BCUT2D eigenvalue weighted by atomic mass is 32.2. The molecule has 136 valence electrons. The molecule has 0 saturated heterocycles. The second kappa shape index (κ2) is 10.5. The fraction of sp³-hybridized carbons (Fsp3) is 0.611. The predicted octanol–water partition coefficient (Wildman–Crippen LogP) is 3.09. The first kappa shape index (κ1) is 20.6. The first-order valence-electron chi connectivity index (χ1n) is 8.74. The molecule has 0 radical (unpaired) electrons. The molecule has 0 aliphatic heterocycles. The highest BCUT2D eigenvalue weighted by Crippen LogP contribution is 2.10. The number of amides is 1. The lowest BCUT2D eigenvalue weighted by Crippen LogP contribution is -2.36. The molecular formula is C18H30N2O3S. The van der Waals surface area contributed by atoms with Crippen molar-refractivity contribution in [2.45, 2.75) is 57.8 Å². The van der Waals surface area contributed by atoms with Crippen molar-refractivity contribution in [3.05, 3.63) is 29.8 Å². The van der Waals surface area contributed by atoms with Crippen LogP contribution in [0.3, 0.4) is 0 Å². The molecule has 0 saturated carbocycles. The SMILES string of the molecule is CCCCN(CCCC)C(=O)CCNS(=O)(=O)c1ccc(C)cc1. The van der Waals surface area contributed by atoms with Crippen LogP contribution in [0, 0.1) is 6.92 Å². The van der Waals surface area contributed by atoms with Crippen molar-refractivity contribution in [1.82, 2.24) is 9.62 Å². The van der Waals surface area contributed by atoms with Crippen molar-refractivity contribution in [3.8, 4) is 0 Å². The first-order valence-corrected chi connectivity index (χ1v) is 10.2. The standard InChI is InChI=1S/C18H30N2O3S/c1-4-6-14-20(15-7-5-2)18(21)12-13-19-24(22,23)17-10-8-16(3)9-11-17/h8-11,19H,4-7,12-15H2,1-3H3. The molecule has 0 fully saturated rings. The van der Waals surface area contributed by atoms with Gasteiger partial charge in [0, 0.05) is 26.1 Å². The number of unbranched alkanes of at least 4 members (excludes halogenated alkanes) is 2. The number of carbonyl (C=O) groups excluding carboxylic acids is 1. The van der Waals surface area contributed by atoms with Gasteiger partial charge in [-0.2, -0.15) is 0 Å². The smallest absolute Gasteiger partial charge is 0.240 e. The Morgan fingerprint density at radius 1 is 1.04 bits per heavy atom. The van der Waals surface area contributed by atoms with Gasteiger partial charge in [0.05, 0.1) is 4.90 Å². The zero-order valence-electron chi connectivity index (χ0n) is 15.0. The van der Waals surface area contributed by atoms with Crippen LogP contribution >= 0.6 is 0 Å². The fourth-order valence-corrected chi connectivity index (χ4v) is 3.34. The van der Waals surface area contributed by atoms with Gasteiger partial charge in [0.2, 0.25) is 15.9 Å². The fourth-order valence-electron chi connectivity index (χ4n) is 2.31. The molecule has 0 aliphatic carbocycles. The monoisotopic (exact) mass is 354 g/mol. The van der Waals surface area contributed by atoms with Crippen molar-refractivity contribution in [1.29, 1.82) is 0 Å². The lowest BCUT2D eigenvalue weighted by atomic mass is 10.2. The predicted molar refractivity (Wildman–Crippen MR) is 97.4 cm³/mol. The third kappa shape index (κ3) is 7.01. The maximum atomic E-state index is 12.3. The van der Waals surface area contributed by atoms with Crippen molar-refractivity contribution >= 4 is 15.9 Å². The largest absolute Gasteiger partial charge is 0.343 e. The van der Waals surface area contributed by atoms with E-state index in [1.807, 2.05) is 11.8 Å². The molecule has 1 N–H and O–H groups in total. The first-order chi connectivity index (χ1) is 11.4. The molecule has 24 heavy (non-hydrogen) atoms. The van der Waals surface area contributed by atoms with Crippen molar-refractivity contribution < 1.29 is 13.2 Å². The zero-order chi connectivity index (χ0) is 18.0. The molecule has 5 nitrogen and oxygen atoms in total. The Balaban J connectivity index is 2.53. The highest BCUT2D eigenvalue weighted by Gasteiger charge is 2.16. The Morgan fingerprint density at radius 3 is 2.08 bits per heavy atom. The van der Waals surface area contributed by atoms with E-state index in [2.05, 4.69) is 18.6 Å². The Kier molecular flexibility index (Phi) is 9.00. The molecule has 6 heteroatoms. The van der Waals surface area contributed by atoms with Crippen LogP contribution in [0.25, 0.3) is 0 Å². The van der Waals surface area contributed by atoms with E-state index in [1.54, 1.807) is 24.3 Å². The molecule has 0 spiro atoms. The van der Waals surface area contributed by atoms with E-state index >= 15 is 0 Å². The summed E-state index contributed by atoms with van der Waals surface area (Å²) in [7, 11) is -3.55. The molecule has 0 bridgehead atoms. The second-order valence-electron chi connectivity index (χ2n) is 6.05. The van der Waals surface area contributed by atoms with Gasteiger partial charge in [-0.3, -0.25) is 4.79 Å². The Labute approximate surface area is 146 Å². The van der Waals surface area contributed by atoms with E-state index in [0.717, 1.165) is 44.3 Å². The number of hydrogen-bond donors (Lipinski definition) is 1. The normalized spacial score (nSPS) is 11.5. The van der Waals surface area contributed by atoms with E-state index in [0.29, 0.717) is 0 Å². The summed E-state index contributed by atoms with van der Waals surface area (Å²) in [5.41, 5.74) is 1.01. The summed E-state index contributed by atoms with van der Waals surface area (Å²) in [6.07, 6.45) is 4.22. The van der Waals surface area contributed by atoms with Crippen LogP contribution in [-0.2, 0) is 14.8 Å². The number of benzene rings is 1. The van der Waals surface area contributed by atoms with Gasteiger partial charge < -0.3 is 4.90 Å². The number of nitrogens with one attached hydrogen (secondary N) is 1. The average molecular weight is 355 g/mol. The minimum Gasteiger partial charge on any atom is -0.343 e. The highest BCUT2D eigenvalue weighted by molar-refractivity contribution is 7.89. The lowest BCUT2D eigenvalue weighted by molar-refractivity contribution is -0.131. The quantitative estimate of drug-likeness (QED) is 0.664. The molecule has 0 unspecified atom stereocenters. The van der Waals surface area contributed by atoms with Gasteiger partial charge in [0.15, 0.2) is 0 Å². The number of sulfonamides is 1. The number of aryl methyl sites for hydroxylation is 1. The maximum Gasteiger partial charge on any atom is 0.240 e. The van der Waals surface area contributed by atoms with Crippen molar-refractivity contribution in [2.75, 3.05) is 19.6 Å². The second-order valence-corrected chi connectivity index (χ2v) is 7.82. The van der Waals surface area contributed by atoms with Crippen LogP contribution in [0.4, 0.5) is 0 Å². The number of nitrogens with zero attached hydrogens (tertiary/aromatic N) is 1. The molecule has 1 aromatic carbocycles. The number of carbonyl (C=O) groups is 1. The van der Waals surface area contributed by atoms with Gasteiger partial charge in [0.1, 0.15) is 0 Å². The van der Waals surface area contributed by atoms with Gasteiger partial charge in [-0.15, -0.1) is 0 Å². The van der Waals surface area contributed by atoms with Gasteiger partial charge in [-0.05, 0) is 31.9 Å². The van der Waals surface area contributed by atoms with Gasteiger partial charge in [-0.25, -0.2) is 13.1 Å². The molecule has 1 aromatic rings. The summed E-state index contributed by atoms with van der Waals surface area (Å²) < 4.78 is 26.9. The third-order valence-electron chi connectivity index (χ3n) is 3.88. The number of rotatable bonds is 11. The topological polar surface area (TPSA) is 66.5 Å². The molecule has 0 heterocycles. The Hall–Kier alpha value is -1.40. The third-order valence-corrected chi connectivity index (χ3v) is 5.36. The summed E-state index contributed by atoms with van der Waals surface area (Å²) >= 11 is 0. The minimum atomic E-state index is -3.55. The van der Waals surface area contributed by atoms with E-state index in [-0.39, 0.29) is 23.8 Å². The van der Waals surface area contributed by atoms with E-state index in [9.17, 15) is 13.2 Å². The van der Waals surface area contributed by atoms with Crippen LogP contribution in [0.2, 0.25) is 0 Å². The van der Waals surface area contributed by atoms with Crippen LogP contribution in [0.15, 0.2) is 29.2 Å². The van der Waals surface area contributed by atoms with Crippen LogP contribution in [0.1, 0.15) is 51.5 Å². The summed E-state index contributed by atoms with van der Waals surface area (Å²) in [6, 6.07) is 6.68. The van der Waals surface area contributed by atoms with Crippen molar-refractivity contribution in [3.63, 3.8) is 0 Å². The van der Waals surface area contributed by atoms with E-state index in [4.69, 9.17) is 0 Å². The Morgan fingerprint density at radius 2 is 1.58 bits per heavy atom. The summed E-state index contributed by atoms with van der Waals surface area (Å²) in [5, 5.41) is 0. The zero-order valence-corrected chi connectivity index (χ0v) is 15.9. The summed E-state index contributed by atoms with van der Waals surface area (Å²) in [4.78, 5) is 14.4. The molecule has 0 aliphatic rings. The minimum absolute atomic E-state index is 0.0171. The van der Waals surface area contributed by atoms with E-state index < -0.39 is 10.0 Å². The van der Waals surface area contributed by atoms with Crippen LogP contribution < -0.4 is 4.72 Å². The number of hydrogen-bond acceptors (Lipinski definition) is 3. The summed E-state index contributed by atoms with van der Waals surface area (Å²) in [6.45, 7) is 7.73.